The van der Waals surface area contributed by atoms with E-state index in [0.29, 0.717) is 17.2 Å². The Balaban J connectivity index is 1.91. The predicted octanol–water partition coefficient (Wildman–Crippen LogP) is 3.68. The van der Waals surface area contributed by atoms with Crippen LogP contribution in [-0.4, -0.2) is 40.2 Å². The van der Waals surface area contributed by atoms with Gasteiger partial charge < -0.3 is 10.0 Å². The molecule has 2 rings (SSSR count). The summed E-state index contributed by atoms with van der Waals surface area (Å²) >= 11 is 7.53. The first-order valence-electron chi connectivity index (χ1n) is 7.46. The highest BCUT2D eigenvalue weighted by atomic mass is 35.5. The average molecular weight is 342 g/mol. The third kappa shape index (κ3) is 4.92. The first kappa shape index (κ1) is 17.2. The van der Waals surface area contributed by atoms with Crippen LogP contribution in [0.4, 0.5) is 0 Å². The monoisotopic (exact) mass is 341 g/mol. The van der Waals surface area contributed by atoms with Crippen LogP contribution >= 0.6 is 23.4 Å². The fraction of sp³-hybridized carbons (Fsp3) is 0.500. The second-order valence-electron chi connectivity index (χ2n) is 5.39. The molecule has 1 aliphatic heterocycles. The Hall–Kier alpha value is -1.20. The van der Waals surface area contributed by atoms with E-state index in [0.717, 1.165) is 30.7 Å². The van der Waals surface area contributed by atoms with Crippen LogP contribution in [0, 0.1) is 0 Å². The van der Waals surface area contributed by atoms with Crippen LogP contribution in [0.5, 0.6) is 0 Å². The number of carbonyl (C=O) groups excluding carboxylic acids is 1. The fourth-order valence-corrected chi connectivity index (χ4v) is 3.83. The maximum atomic E-state index is 12.5. The molecule has 1 aliphatic rings. The van der Waals surface area contributed by atoms with E-state index in [1.807, 2.05) is 29.2 Å². The maximum Gasteiger partial charge on any atom is 0.303 e. The smallest absolute Gasteiger partial charge is 0.303 e. The number of hydrogen-bond donors (Lipinski definition) is 1. The van der Waals surface area contributed by atoms with E-state index in [1.54, 1.807) is 0 Å². The summed E-state index contributed by atoms with van der Waals surface area (Å²) in [4.78, 5) is 26.0. The van der Waals surface area contributed by atoms with Gasteiger partial charge in [-0.3, -0.25) is 9.59 Å². The Morgan fingerprint density at radius 2 is 2.09 bits per heavy atom. The molecule has 0 radical (unpaired) electrons. The number of benzene rings is 1. The number of rotatable bonds is 6. The molecule has 1 N–H and O–H groups in total. The summed E-state index contributed by atoms with van der Waals surface area (Å²) in [7, 11) is 0. The molecule has 0 aromatic heterocycles. The van der Waals surface area contributed by atoms with Crippen molar-refractivity contribution in [2.75, 3.05) is 12.3 Å². The van der Waals surface area contributed by atoms with Crippen molar-refractivity contribution in [1.29, 1.82) is 0 Å². The van der Waals surface area contributed by atoms with Gasteiger partial charge in [0.2, 0.25) is 5.91 Å². The van der Waals surface area contributed by atoms with Gasteiger partial charge in [0.05, 0.1) is 10.8 Å². The highest BCUT2D eigenvalue weighted by Gasteiger charge is 2.26. The first-order valence-corrected chi connectivity index (χ1v) is 8.83. The number of carbonyl (C=O) groups is 2. The molecule has 22 heavy (non-hydrogen) atoms. The fourth-order valence-electron chi connectivity index (χ4n) is 2.70. The zero-order valence-electron chi connectivity index (χ0n) is 12.3. The molecule has 1 unspecified atom stereocenters. The Bertz CT molecular complexity index is 538. The summed E-state index contributed by atoms with van der Waals surface area (Å²) in [5.74, 6) is -0.392. The second kappa shape index (κ2) is 8.44. The third-order valence-electron chi connectivity index (χ3n) is 3.83. The molecule has 1 atom stereocenters. The van der Waals surface area contributed by atoms with Crippen LogP contribution in [0.1, 0.15) is 32.1 Å². The predicted molar refractivity (Wildman–Crippen MR) is 88.4 cm³/mol. The van der Waals surface area contributed by atoms with Crippen molar-refractivity contribution in [2.24, 2.45) is 0 Å². The van der Waals surface area contributed by atoms with E-state index >= 15 is 0 Å². The topological polar surface area (TPSA) is 57.6 Å². The number of nitrogens with zero attached hydrogens (tertiary/aromatic N) is 1. The Morgan fingerprint density at radius 1 is 1.32 bits per heavy atom. The molecule has 1 fully saturated rings. The minimum Gasteiger partial charge on any atom is -0.481 e. The number of thioether (sulfide) groups is 1. The number of halogens is 1. The van der Waals surface area contributed by atoms with E-state index in [4.69, 9.17) is 16.7 Å². The van der Waals surface area contributed by atoms with Crippen LogP contribution in [0.25, 0.3) is 0 Å². The lowest BCUT2D eigenvalue weighted by Crippen LogP contribution is -2.44. The van der Waals surface area contributed by atoms with Crippen LogP contribution in [0.15, 0.2) is 29.2 Å². The van der Waals surface area contributed by atoms with Crippen molar-refractivity contribution in [3.63, 3.8) is 0 Å². The van der Waals surface area contributed by atoms with Gasteiger partial charge in [-0.2, -0.15) is 0 Å². The minimum atomic E-state index is -0.802. The second-order valence-corrected chi connectivity index (χ2v) is 6.81. The zero-order chi connectivity index (χ0) is 15.9. The Morgan fingerprint density at radius 3 is 2.82 bits per heavy atom. The molecule has 0 bridgehead atoms. The number of amides is 1. The highest BCUT2D eigenvalue weighted by Crippen LogP contribution is 2.28. The van der Waals surface area contributed by atoms with Crippen molar-refractivity contribution < 1.29 is 14.7 Å². The Kier molecular flexibility index (Phi) is 6.58. The van der Waals surface area contributed by atoms with Gasteiger partial charge in [-0.1, -0.05) is 23.7 Å². The Labute approximate surface area is 139 Å². The maximum absolute atomic E-state index is 12.5. The van der Waals surface area contributed by atoms with Crippen molar-refractivity contribution in [3.05, 3.63) is 29.3 Å². The third-order valence-corrected chi connectivity index (χ3v) is 5.33. The van der Waals surface area contributed by atoms with Crippen LogP contribution in [0.2, 0.25) is 5.02 Å². The normalized spacial score (nSPS) is 18.2. The van der Waals surface area contributed by atoms with Crippen LogP contribution in [0.3, 0.4) is 0 Å². The minimum absolute atomic E-state index is 0.0594. The van der Waals surface area contributed by atoms with Crippen molar-refractivity contribution >= 4 is 35.2 Å². The molecule has 1 aromatic rings. The summed E-state index contributed by atoms with van der Waals surface area (Å²) in [6.07, 6.45) is 3.61. The molecule has 1 aromatic carbocycles. The summed E-state index contributed by atoms with van der Waals surface area (Å²) in [6, 6.07) is 7.53. The molecule has 4 nitrogen and oxygen atoms in total. The molecule has 0 saturated carbocycles. The van der Waals surface area contributed by atoms with Gasteiger partial charge in [-0.25, -0.2) is 0 Å². The molecule has 1 heterocycles. The van der Waals surface area contributed by atoms with Crippen molar-refractivity contribution in [2.45, 2.75) is 43.0 Å². The molecule has 0 spiro atoms. The largest absolute Gasteiger partial charge is 0.481 e. The van der Waals surface area contributed by atoms with Gasteiger partial charge in [0.15, 0.2) is 0 Å². The first-order chi connectivity index (χ1) is 10.6. The van der Waals surface area contributed by atoms with Gasteiger partial charge >= 0.3 is 5.97 Å². The lowest BCUT2D eigenvalue weighted by molar-refractivity contribution is -0.139. The number of hydrogen-bond acceptors (Lipinski definition) is 3. The van der Waals surface area contributed by atoms with Crippen molar-refractivity contribution in [1.82, 2.24) is 4.90 Å². The molecule has 6 heteroatoms. The van der Waals surface area contributed by atoms with E-state index in [2.05, 4.69) is 0 Å². The van der Waals surface area contributed by atoms with Gasteiger partial charge in [-0.15, -0.1) is 11.8 Å². The number of aliphatic carboxylic acids is 1. The van der Waals surface area contributed by atoms with E-state index < -0.39 is 5.97 Å². The molecule has 1 amide bonds. The molecular formula is C16H20ClNO3S. The van der Waals surface area contributed by atoms with Gasteiger partial charge in [0.25, 0.3) is 0 Å². The molecule has 0 aliphatic carbocycles. The lowest BCUT2D eigenvalue weighted by Gasteiger charge is -2.35. The summed E-state index contributed by atoms with van der Waals surface area (Å²) in [6.45, 7) is 0.728. The van der Waals surface area contributed by atoms with E-state index in [1.165, 1.54) is 11.8 Å². The van der Waals surface area contributed by atoms with Crippen molar-refractivity contribution in [3.8, 4) is 0 Å². The number of carboxylic acids is 1. The molecule has 120 valence electrons. The van der Waals surface area contributed by atoms with E-state index in [9.17, 15) is 9.59 Å². The quantitative estimate of drug-likeness (QED) is 0.802. The number of likely N-dealkylation sites (tertiary alicyclic amines) is 1. The summed E-state index contributed by atoms with van der Waals surface area (Å²) < 4.78 is 0. The SMILES string of the molecule is O=C(O)CCC1CCCCN1C(=O)CSc1ccccc1Cl. The van der Waals surface area contributed by atoms with Crippen LogP contribution in [-0.2, 0) is 9.59 Å². The van der Waals surface area contributed by atoms with Crippen LogP contribution < -0.4 is 0 Å². The average Bonchev–Trinajstić information content (AvgIpc) is 2.52. The summed E-state index contributed by atoms with van der Waals surface area (Å²) in [5.41, 5.74) is 0. The highest BCUT2D eigenvalue weighted by molar-refractivity contribution is 8.00. The number of piperidine rings is 1. The van der Waals surface area contributed by atoms with E-state index in [-0.39, 0.29) is 18.4 Å². The molecule has 1 saturated heterocycles. The zero-order valence-corrected chi connectivity index (χ0v) is 13.9. The summed E-state index contributed by atoms with van der Waals surface area (Å²) in [5, 5.41) is 9.48. The van der Waals surface area contributed by atoms with Gasteiger partial charge in [0, 0.05) is 23.9 Å². The number of carboxylic acid groups (broad SMARTS) is 1. The molecular weight excluding hydrogens is 322 g/mol. The standard InChI is InChI=1S/C16H20ClNO3S/c17-13-6-1-2-7-14(13)22-11-15(19)18-10-4-3-5-12(18)8-9-16(20)21/h1-2,6-7,12H,3-5,8-11H2,(H,20,21). The van der Waals surface area contributed by atoms with Gasteiger partial charge in [0.1, 0.15) is 0 Å². The lowest BCUT2D eigenvalue weighted by atomic mass is 9.98. The van der Waals surface area contributed by atoms with Gasteiger partial charge in [-0.05, 0) is 37.8 Å².